The van der Waals surface area contributed by atoms with Crippen LogP contribution in [0.5, 0.6) is 5.75 Å². The minimum atomic E-state index is -0.711. The Morgan fingerprint density at radius 3 is 2.54 bits per heavy atom. The van der Waals surface area contributed by atoms with Crippen molar-refractivity contribution in [2.24, 2.45) is 4.99 Å². The summed E-state index contributed by atoms with van der Waals surface area (Å²) in [4.78, 5) is 31.5. The molecule has 1 atom stereocenters. The Kier molecular flexibility index (Phi) is 6.81. The molecule has 10 heteroatoms. The van der Waals surface area contributed by atoms with Crippen LogP contribution in [-0.2, 0) is 9.53 Å². The lowest BCUT2D eigenvalue weighted by Gasteiger charge is -2.24. The Labute approximate surface area is 225 Å². The molecule has 2 aromatic carbocycles. The van der Waals surface area contributed by atoms with Crippen LogP contribution in [0.3, 0.4) is 0 Å². The zero-order valence-corrected chi connectivity index (χ0v) is 22.3. The van der Waals surface area contributed by atoms with Crippen molar-refractivity contribution in [2.45, 2.75) is 13.0 Å². The van der Waals surface area contributed by atoms with Crippen LogP contribution >= 0.6 is 34.5 Å². The molecule has 0 saturated heterocycles. The van der Waals surface area contributed by atoms with Crippen molar-refractivity contribution in [3.8, 4) is 17.1 Å². The number of rotatable bonds is 5. The van der Waals surface area contributed by atoms with Crippen LogP contribution in [0.4, 0.5) is 0 Å². The summed E-state index contributed by atoms with van der Waals surface area (Å²) in [5, 5.41) is 0.979. The molecule has 1 aliphatic heterocycles. The molecule has 5 rings (SSSR count). The van der Waals surface area contributed by atoms with E-state index in [-0.39, 0.29) is 5.56 Å². The van der Waals surface area contributed by atoms with Gasteiger partial charge in [-0.1, -0.05) is 46.7 Å². The first-order valence-corrected chi connectivity index (χ1v) is 12.7. The van der Waals surface area contributed by atoms with Gasteiger partial charge in [-0.15, -0.1) is 0 Å². The van der Waals surface area contributed by atoms with E-state index in [1.807, 2.05) is 12.1 Å². The van der Waals surface area contributed by atoms with Gasteiger partial charge in [-0.2, -0.15) is 0 Å². The molecule has 0 spiro atoms. The van der Waals surface area contributed by atoms with Crippen molar-refractivity contribution < 1.29 is 18.7 Å². The third kappa shape index (κ3) is 4.64. The number of allylic oxidation sites excluding steroid dienone is 1. The number of carbonyl (C=O) groups excluding carboxylic acids is 1. The van der Waals surface area contributed by atoms with Crippen LogP contribution in [0.2, 0.25) is 10.0 Å². The van der Waals surface area contributed by atoms with Gasteiger partial charge in [-0.25, -0.2) is 9.79 Å². The lowest BCUT2D eigenvalue weighted by Crippen LogP contribution is -2.39. The molecule has 0 fully saturated rings. The topological polar surface area (TPSA) is 83.0 Å². The lowest BCUT2D eigenvalue weighted by atomic mass is 9.96. The number of hydrogen-bond donors (Lipinski definition) is 0. The monoisotopic (exact) mass is 554 g/mol. The number of methoxy groups -OCH3 is 2. The molecular formula is C27H20Cl2N2O5S. The number of furan rings is 1. The highest BCUT2D eigenvalue weighted by atomic mass is 35.5. The van der Waals surface area contributed by atoms with Crippen LogP contribution < -0.4 is 19.6 Å². The van der Waals surface area contributed by atoms with Crippen molar-refractivity contribution in [1.82, 2.24) is 4.57 Å². The van der Waals surface area contributed by atoms with E-state index in [4.69, 9.17) is 37.1 Å². The summed E-state index contributed by atoms with van der Waals surface area (Å²) in [6, 6.07) is 15.1. The quantitative estimate of drug-likeness (QED) is 0.325. The van der Waals surface area contributed by atoms with Gasteiger partial charge in [0.05, 0.1) is 41.1 Å². The number of ether oxygens (including phenoxy) is 2. The van der Waals surface area contributed by atoms with E-state index in [2.05, 4.69) is 4.99 Å². The van der Waals surface area contributed by atoms with E-state index in [1.165, 1.54) is 23.0 Å². The maximum Gasteiger partial charge on any atom is 0.338 e. The van der Waals surface area contributed by atoms with E-state index in [1.54, 1.807) is 62.6 Å². The van der Waals surface area contributed by atoms with E-state index >= 15 is 0 Å². The van der Waals surface area contributed by atoms with E-state index < -0.39 is 12.0 Å². The molecule has 0 bridgehead atoms. The summed E-state index contributed by atoms with van der Waals surface area (Å²) < 4.78 is 18.2. The summed E-state index contributed by atoms with van der Waals surface area (Å²) in [7, 11) is 2.88. The minimum Gasteiger partial charge on any atom is -0.497 e. The highest BCUT2D eigenvalue weighted by molar-refractivity contribution is 7.07. The molecule has 2 aromatic heterocycles. The smallest absolute Gasteiger partial charge is 0.338 e. The largest absolute Gasteiger partial charge is 0.497 e. The highest BCUT2D eigenvalue weighted by Crippen LogP contribution is 2.33. The van der Waals surface area contributed by atoms with Crippen molar-refractivity contribution in [3.05, 3.63) is 107 Å². The van der Waals surface area contributed by atoms with Gasteiger partial charge in [-0.05, 0) is 55.0 Å². The normalized spacial score (nSPS) is 15.4. The second-order valence-corrected chi connectivity index (χ2v) is 10.0. The lowest BCUT2D eigenvalue weighted by molar-refractivity contribution is -0.136. The van der Waals surface area contributed by atoms with Gasteiger partial charge in [-0.3, -0.25) is 9.36 Å². The van der Waals surface area contributed by atoms with Crippen molar-refractivity contribution >= 4 is 46.6 Å². The Balaban J connectivity index is 1.63. The molecule has 188 valence electrons. The first kappa shape index (κ1) is 25.1. The predicted molar refractivity (Wildman–Crippen MR) is 143 cm³/mol. The van der Waals surface area contributed by atoms with E-state index in [0.717, 1.165) is 5.56 Å². The fourth-order valence-corrected chi connectivity index (χ4v) is 5.72. The number of hydrogen-bond acceptors (Lipinski definition) is 7. The summed E-state index contributed by atoms with van der Waals surface area (Å²) in [5.41, 5.74) is 1.88. The number of fused-ring (bicyclic) bond motifs is 1. The molecule has 37 heavy (non-hydrogen) atoms. The van der Waals surface area contributed by atoms with Gasteiger partial charge < -0.3 is 13.9 Å². The number of aromatic nitrogens is 1. The summed E-state index contributed by atoms with van der Waals surface area (Å²) in [5.74, 6) is 1.12. The standard InChI is InChI=1S/C27H20Cl2N2O5S/c1-14-23(26(33)35-3)24(15-4-7-17(34-2)8-5-15)31-25(32)22(37-27(31)30-14)13-18-9-11-21(36-18)19-10-6-16(28)12-20(19)29/h4-13,24H,1-3H3/b22-13+/t24-/m0/s1. The summed E-state index contributed by atoms with van der Waals surface area (Å²) in [6.07, 6.45) is 1.65. The molecule has 4 aromatic rings. The average molecular weight is 555 g/mol. The van der Waals surface area contributed by atoms with Gasteiger partial charge in [0.15, 0.2) is 4.80 Å². The zero-order chi connectivity index (χ0) is 26.3. The van der Waals surface area contributed by atoms with Gasteiger partial charge in [0.1, 0.15) is 17.3 Å². The van der Waals surface area contributed by atoms with Crippen molar-refractivity contribution in [3.63, 3.8) is 0 Å². The Morgan fingerprint density at radius 2 is 1.86 bits per heavy atom. The summed E-state index contributed by atoms with van der Waals surface area (Å²) >= 11 is 13.5. The molecular weight excluding hydrogens is 535 g/mol. The molecule has 0 radical (unpaired) electrons. The molecule has 3 heterocycles. The molecule has 0 aliphatic carbocycles. The molecule has 0 saturated carbocycles. The molecule has 0 amide bonds. The fraction of sp³-hybridized carbons (Fsp3) is 0.148. The van der Waals surface area contributed by atoms with Gasteiger partial charge in [0.2, 0.25) is 0 Å². The fourth-order valence-electron chi connectivity index (χ4n) is 4.19. The van der Waals surface area contributed by atoms with Crippen LogP contribution in [0.15, 0.2) is 80.1 Å². The molecule has 0 N–H and O–H groups in total. The number of benzene rings is 2. The van der Waals surface area contributed by atoms with E-state index in [0.29, 0.717) is 53.5 Å². The van der Waals surface area contributed by atoms with Crippen molar-refractivity contribution in [1.29, 1.82) is 0 Å². The zero-order valence-electron chi connectivity index (χ0n) is 20.0. The Bertz CT molecular complexity index is 1730. The highest BCUT2D eigenvalue weighted by Gasteiger charge is 2.33. The third-order valence-electron chi connectivity index (χ3n) is 5.96. The van der Waals surface area contributed by atoms with Crippen LogP contribution in [0.1, 0.15) is 24.3 Å². The van der Waals surface area contributed by atoms with Gasteiger partial charge in [0, 0.05) is 16.7 Å². The minimum absolute atomic E-state index is 0.296. The third-order valence-corrected chi connectivity index (χ3v) is 7.49. The first-order chi connectivity index (χ1) is 17.8. The molecule has 7 nitrogen and oxygen atoms in total. The summed E-state index contributed by atoms with van der Waals surface area (Å²) in [6.45, 7) is 1.73. The maximum absolute atomic E-state index is 13.7. The van der Waals surface area contributed by atoms with Crippen LogP contribution in [-0.4, -0.2) is 24.8 Å². The number of halogens is 2. The second-order valence-electron chi connectivity index (χ2n) is 8.17. The average Bonchev–Trinajstić information content (AvgIpc) is 3.47. The van der Waals surface area contributed by atoms with Crippen LogP contribution in [0, 0.1) is 0 Å². The van der Waals surface area contributed by atoms with Crippen molar-refractivity contribution in [2.75, 3.05) is 14.2 Å². The molecule has 0 unspecified atom stereocenters. The number of esters is 1. The number of thiazole rings is 1. The van der Waals surface area contributed by atoms with Gasteiger partial charge >= 0.3 is 5.97 Å². The van der Waals surface area contributed by atoms with Gasteiger partial charge in [0.25, 0.3) is 5.56 Å². The molecule has 1 aliphatic rings. The Morgan fingerprint density at radius 1 is 1.11 bits per heavy atom. The Hall–Kier alpha value is -3.59. The van der Waals surface area contributed by atoms with E-state index in [9.17, 15) is 9.59 Å². The van der Waals surface area contributed by atoms with Crippen LogP contribution in [0.25, 0.3) is 17.4 Å². The predicted octanol–water partition coefficient (Wildman–Crippen LogP) is 4.98. The second kappa shape index (κ2) is 10.0. The first-order valence-electron chi connectivity index (χ1n) is 11.1. The number of nitrogens with zero attached hydrogens (tertiary/aromatic N) is 2. The maximum atomic E-state index is 13.7. The number of carbonyl (C=O) groups is 1. The SMILES string of the molecule is COC(=O)C1=C(C)N=c2s/c(=C/c3ccc(-c4ccc(Cl)cc4Cl)o3)c(=O)n2[C@H]1c1ccc(OC)cc1.